The van der Waals surface area contributed by atoms with Gasteiger partial charge in [0.25, 0.3) is 0 Å². The van der Waals surface area contributed by atoms with Gasteiger partial charge in [0.15, 0.2) is 0 Å². The Bertz CT molecular complexity index is 170. The predicted molar refractivity (Wildman–Crippen MR) is 76.5 cm³/mol. The molecule has 1 saturated heterocycles. The van der Waals surface area contributed by atoms with Gasteiger partial charge in [-0.1, -0.05) is 51.9 Å². The first kappa shape index (κ1) is 15.0. The van der Waals surface area contributed by atoms with Gasteiger partial charge in [0.2, 0.25) is 0 Å². The molecule has 1 N–H and O–H groups in total. The number of hydrogen-bond acceptors (Lipinski definition) is 2. The van der Waals surface area contributed by atoms with Crippen molar-refractivity contribution in [1.82, 2.24) is 10.2 Å². The monoisotopic (exact) mass is 240 g/mol. The van der Waals surface area contributed by atoms with Crippen molar-refractivity contribution in [2.75, 3.05) is 26.2 Å². The summed E-state index contributed by atoms with van der Waals surface area (Å²) in [6.07, 6.45) is 11.4. The first-order valence-electron chi connectivity index (χ1n) is 7.78. The Morgan fingerprint density at radius 1 is 1.00 bits per heavy atom. The summed E-state index contributed by atoms with van der Waals surface area (Å²) in [5.41, 5.74) is 0. The maximum absolute atomic E-state index is 3.50. The third-order valence-corrected chi connectivity index (χ3v) is 3.78. The zero-order valence-corrected chi connectivity index (χ0v) is 12.0. The molecule has 0 radical (unpaired) electrons. The van der Waals surface area contributed by atoms with Gasteiger partial charge in [-0.15, -0.1) is 0 Å². The number of piperazine rings is 1. The van der Waals surface area contributed by atoms with Crippen LogP contribution in [0.5, 0.6) is 0 Å². The molecule has 0 aromatic carbocycles. The van der Waals surface area contributed by atoms with Crippen molar-refractivity contribution >= 4 is 0 Å². The van der Waals surface area contributed by atoms with E-state index in [1.54, 1.807) is 0 Å². The molecule has 17 heavy (non-hydrogen) atoms. The van der Waals surface area contributed by atoms with Crippen LogP contribution in [0.15, 0.2) is 0 Å². The Hall–Kier alpha value is -0.0800. The zero-order chi connectivity index (χ0) is 12.3. The summed E-state index contributed by atoms with van der Waals surface area (Å²) < 4.78 is 0. The van der Waals surface area contributed by atoms with Crippen LogP contribution < -0.4 is 5.32 Å². The Morgan fingerprint density at radius 3 is 2.29 bits per heavy atom. The zero-order valence-electron chi connectivity index (χ0n) is 12.0. The van der Waals surface area contributed by atoms with E-state index in [1.807, 2.05) is 0 Å². The molecule has 0 bridgehead atoms. The van der Waals surface area contributed by atoms with Gasteiger partial charge < -0.3 is 10.2 Å². The molecule has 102 valence electrons. The van der Waals surface area contributed by atoms with E-state index >= 15 is 0 Å². The Kier molecular flexibility index (Phi) is 8.72. The van der Waals surface area contributed by atoms with E-state index in [0.29, 0.717) is 6.04 Å². The van der Waals surface area contributed by atoms with Crippen molar-refractivity contribution in [2.24, 2.45) is 0 Å². The van der Waals surface area contributed by atoms with E-state index in [0.717, 1.165) is 0 Å². The van der Waals surface area contributed by atoms with Crippen LogP contribution in [0.25, 0.3) is 0 Å². The van der Waals surface area contributed by atoms with Crippen LogP contribution in [0, 0.1) is 0 Å². The third-order valence-electron chi connectivity index (χ3n) is 3.78. The molecule has 0 aromatic heterocycles. The molecule has 0 aromatic rings. The second kappa shape index (κ2) is 9.90. The van der Waals surface area contributed by atoms with Gasteiger partial charge in [0, 0.05) is 25.7 Å². The molecular weight excluding hydrogens is 208 g/mol. The van der Waals surface area contributed by atoms with Crippen LogP contribution in [-0.2, 0) is 0 Å². The molecule has 2 heteroatoms. The minimum atomic E-state index is 0.692. The molecule has 1 aliphatic heterocycles. The molecule has 0 spiro atoms. The number of hydrogen-bond donors (Lipinski definition) is 1. The average Bonchev–Trinajstić information content (AvgIpc) is 2.33. The van der Waals surface area contributed by atoms with Crippen LogP contribution >= 0.6 is 0 Å². The predicted octanol–water partition coefficient (Wildman–Crippen LogP) is 3.42. The van der Waals surface area contributed by atoms with E-state index < -0.39 is 0 Å². The van der Waals surface area contributed by atoms with E-state index in [-0.39, 0.29) is 0 Å². The quantitative estimate of drug-likeness (QED) is 0.621. The Labute approximate surface area is 108 Å². The smallest absolute Gasteiger partial charge is 0.0167 e. The summed E-state index contributed by atoms with van der Waals surface area (Å²) in [5.74, 6) is 0. The van der Waals surface area contributed by atoms with Crippen LogP contribution in [-0.4, -0.2) is 37.1 Å². The number of rotatable bonds is 9. The summed E-state index contributed by atoms with van der Waals surface area (Å²) in [4.78, 5) is 2.62. The summed E-state index contributed by atoms with van der Waals surface area (Å²) in [6.45, 7) is 9.57. The minimum Gasteiger partial charge on any atom is -0.312 e. The highest BCUT2D eigenvalue weighted by molar-refractivity contribution is 4.74. The maximum Gasteiger partial charge on any atom is 0.0167 e. The fraction of sp³-hybridized carbons (Fsp3) is 1.00. The topological polar surface area (TPSA) is 15.3 Å². The molecule has 0 amide bonds. The third kappa shape index (κ3) is 7.77. The number of nitrogens with zero attached hydrogens (tertiary/aromatic N) is 1. The molecular formula is C15H32N2. The molecule has 1 fully saturated rings. The van der Waals surface area contributed by atoms with E-state index in [4.69, 9.17) is 0 Å². The van der Waals surface area contributed by atoms with Crippen molar-refractivity contribution in [1.29, 1.82) is 0 Å². The van der Waals surface area contributed by atoms with Gasteiger partial charge >= 0.3 is 0 Å². The first-order valence-corrected chi connectivity index (χ1v) is 7.78. The largest absolute Gasteiger partial charge is 0.312 e. The van der Waals surface area contributed by atoms with Gasteiger partial charge in [-0.2, -0.15) is 0 Å². The normalized spacial score (nSPS) is 21.9. The molecule has 1 rings (SSSR count). The number of nitrogens with one attached hydrogen (secondary N) is 1. The van der Waals surface area contributed by atoms with Crippen LogP contribution in [0.3, 0.4) is 0 Å². The van der Waals surface area contributed by atoms with Crippen molar-refractivity contribution in [2.45, 2.75) is 71.3 Å². The van der Waals surface area contributed by atoms with Crippen molar-refractivity contribution in [3.05, 3.63) is 0 Å². The molecule has 1 atom stereocenters. The van der Waals surface area contributed by atoms with Crippen LogP contribution in [0.2, 0.25) is 0 Å². The Morgan fingerprint density at radius 2 is 1.65 bits per heavy atom. The van der Waals surface area contributed by atoms with Crippen molar-refractivity contribution in [3.63, 3.8) is 0 Å². The van der Waals surface area contributed by atoms with Gasteiger partial charge in [0.1, 0.15) is 0 Å². The molecule has 1 unspecified atom stereocenters. The van der Waals surface area contributed by atoms with Crippen LogP contribution in [0.4, 0.5) is 0 Å². The lowest BCUT2D eigenvalue weighted by atomic mass is 10.1. The van der Waals surface area contributed by atoms with Gasteiger partial charge in [0.05, 0.1) is 0 Å². The van der Waals surface area contributed by atoms with Crippen LogP contribution in [0.1, 0.15) is 65.2 Å². The van der Waals surface area contributed by atoms with Gasteiger partial charge in [-0.05, 0) is 19.9 Å². The highest BCUT2D eigenvalue weighted by Gasteiger charge is 2.14. The molecule has 0 aliphatic carbocycles. The lowest BCUT2D eigenvalue weighted by molar-refractivity contribution is 0.203. The van der Waals surface area contributed by atoms with E-state index in [9.17, 15) is 0 Å². The van der Waals surface area contributed by atoms with Gasteiger partial charge in [-0.25, -0.2) is 0 Å². The lowest BCUT2D eigenvalue weighted by Crippen LogP contribution is -2.49. The SMILES string of the molecule is CCCCCCCCCCN1CCNC(C)C1. The van der Waals surface area contributed by atoms with Gasteiger partial charge in [-0.3, -0.25) is 0 Å². The second-order valence-corrected chi connectivity index (χ2v) is 5.63. The minimum absolute atomic E-state index is 0.692. The highest BCUT2D eigenvalue weighted by Crippen LogP contribution is 2.09. The summed E-state index contributed by atoms with van der Waals surface area (Å²) in [5, 5.41) is 3.50. The first-order chi connectivity index (χ1) is 8.33. The molecule has 1 heterocycles. The fourth-order valence-electron chi connectivity index (χ4n) is 2.68. The molecule has 2 nitrogen and oxygen atoms in total. The highest BCUT2D eigenvalue weighted by atomic mass is 15.2. The lowest BCUT2D eigenvalue weighted by Gasteiger charge is -2.31. The maximum atomic E-state index is 3.50. The van der Waals surface area contributed by atoms with Crippen molar-refractivity contribution < 1.29 is 0 Å². The average molecular weight is 240 g/mol. The summed E-state index contributed by atoms with van der Waals surface area (Å²) >= 11 is 0. The summed E-state index contributed by atoms with van der Waals surface area (Å²) in [6, 6.07) is 0.692. The second-order valence-electron chi connectivity index (χ2n) is 5.63. The fourth-order valence-corrected chi connectivity index (χ4v) is 2.68. The standard InChI is InChI=1S/C15H32N2/c1-3-4-5-6-7-8-9-10-12-17-13-11-16-15(2)14-17/h15-16H,3-14H2,1-2H3. The number of unbranched alkanes of at least 4 members (excludes halogenated alkanes) is 7. The van der Waals surface area contributed by atoms with E-state index in [2.05, 4.69) is 24.1 Å². The molecule has 1 aliphatic rings. The van der Waals surface area contributed by atoms with E-state index in [1.165, 1.54) is 77.5 Å². The molecule has 0 saturated carbocycles. The Balaban J connectivity index is 1.83. The summed E-state index contributed by atoms with van der Waals surface area (Å²) in [7, 11) is 0. The van der Waals surface area contributed by atoms with Crippen molar-refractivity contribution in [3.8, 4) is 0 Å².